The molecule has 0 fully saturated rings. The van der Waals surface area contributed by atoms with E-state index >= 15 is 0 Å². The first kappa shape index (κ1) is 18.1. The maximum absolute atomic E-state index is 13.1. The van der Waals surface area contributed by atoms with Crippen LogP contribution in [0.1, 0.15) is 41.9 Å². The molecule has 2 nitrogen and oxygen atoms in total. The Kier molecular flexibility index (Phi) is 4.07. The van der Waals surface area contributed by atoms with Gasteiger partial charge in [0, 0.05) is 29.2 Å². The van der Waals surface area contributed by atoms with E-state index in [4.69, 9.17) is 0 Å². The van der Waals surface area contributed by atoms with Gasteiger partial charge in [0.2, 0.25) is 0 Å². The van der Waals surface area contributed by atoms with Crippen molar-refractivity contribution in [3.05, 3.63) is 119 Å². The lowest BCUT2D eigenvalue weighted by Gasteiger charge is -2.34. The Labute approximate surface area is 182 Å². The van der Waals surface area contributed by atoms with Crippen LogP contribution in [-0.2, 0) is 4.79 Å². The van der Waals surface area contributed by atoms with Gasteiger partial charge in [-0.1, -0.05) is 85.4 Å². The van der Waals surface area contributed by atoms with E-state index in [2.05, 4.69) is 84.7 Å². The molecule has 0 bridgehead atoms. The number of rotatable bonds is 2. The number of ketones is 1. The van der Waals surface area contributed by atoms with Crippen molar-refractivity contribution in [1.29, 1.82) is 0 Å². The highest BCUT2D eigenvalue weighted by Gasteiger charge is 2.41. The number of nitrogens with one attached hydrogen (secondary N) is 1. The lowest BCUT2D eigenvalue weighted by Crippen LogP contribution is -2.30. The Morgan fingerprint density at radius 1 is 0.742 bits per heavy atom. The normalized spacial score (nSPS) is 19.7. The summed E-state index contributed by atoms with van der Waals surface area (Å²) in [5, 5.41) is 3.65. The van der Waals surface area contributed by atoms with E-state index in [9.17, 15) is 4.79 Å². The van der Waals surface area contributed by atoms with Crippen LogP contribution in [-0.4, -0.2) is 5.78 Å². The molecule has 1 heterocycles. The summed E-state index contributed by atoms with van der Waals surface area (Å²) in [6.07, 6.45) is 2.46. The number of fused-ring (bicyclic) bond motifs is 2. The van der Waals surface area contributed by atoms with Crippen molar-refractivity contribution < 1.29 is 4.79 Å². The van der Waals surface area contributed by atoms with Gasteiger partial charge in [-0.05, 0) is 46.2 Å². The molecule has 2 heteroatoms. The molecule has 1 aliphatic heterocycles. The number of carbonyl (C=O) groups excluding carboxylic acids is 1. The second-order valence-electron chi connectivity index (χ2n) is 8.53. The van der Waals surface area contributed by atoms with Gasteiger partial charge in [-0.15, -0.1) is 0 Å². The number of hydrogen-bond acceptors (Lipinski definition) is 2. The molecule has 3 aromatic carbocycles. The lowest BCUT2D eigenvalue weighted by atomic mass is 9.74. The number of Topliss-reactive ketones (excluding diaryl/α,β-unsaturated/α-hetero) is 1. The van der Waals surface area contributed by atoms with Crippen LogP contribution in [0.5, 0.6) is 0 Å². The van der Waals surface area contributed by atoms with Crippen LogP contribution in [0.2, 0.25) is 0 Å². The molecule has 31 heavy (non-hydrogen) atoms. The Hall–Kier alpha value is -3.65. The second-order valence-corrected chi connectivity index (χ2v) is 8.53. The van der Waals surface area contributed by atoms with Crippen LogP contribution in [0.25, 0.3) is 22.4 Å². The van der Waals surface area contributed by atoms with Crippen LogP contribution in [0.4, 0.5) is 0 Å². The Morgan fingerprint density at radius 3 is 2.19 bits per heavy atom. The summed E-state index contributed by atoms with van der Waals surface area (Å²) in [4.78, 5) is 13.1. The highest BCUT2D eigenvalue weighted by molar-refractivity contribution is 6.07. The van der Waals surface area contributed by atoms with Crippen LogP contribution < -0.4 is 5.32 Å². The van der Waals surface area contributed by atoms with Gasteiger partial charge in [0.1, 0.15) is 0 Å². The minimum atomic E-state index is -0.0660. The molecule has 0 saturated carbocycles. The van der Waals surface area contributed by atoms with Gasteiger partial charge in [0.15, 0.2) is 5.78 Å². The summed E-state index contributed by atoms with van der Waals surface area (Å²) >= 11 is 0. The van der Waals surface area contributed by atoms with Gasteiger partial charge in [-0.25, -0.2) is 0 Å². The summed E-state index contributed by atoms with van der Waals surface area (Å²) in [5.74, 6) is 0.199. The third kappa shape index (κ3) is 2.75. The minimum Gasteiger partial charge on any atom is -0.358 e. The number of allylic oxidation sites excluding steroid dienone is 4. The lowest BCUT2D eigenvalue weighted by molar-refractivity contribution is -0.116. The summed E-state index contributed by atoms with van der Waals surface area (Å²) in [5.41, 5.74) is 11.2. The summed E-state index contributed by atoms with van der Waals surface area (Å²) in [6, 6.07) is 27.5. The number of hydrogen-bond donors (Lipinski definition) is 1. The fourth-order valence-electron chi connectivity index (χ4n) is 5.31. The predicted molar refractivity (Wildman–Crippen MR) is 126 cm³/mol. The quantitative estimate of drug-likeness (QED) is 0.532. The van der Waals surface area contributed by atoms with E-state index in [-0.39, 0.29) is 11.7 Å². The Morgan fingerprint density at radius 2 is 1.42 bits per heavy atom. The van der Waals surface area contributed by atoms with Crippen molar-refractivity contribution in [2.75, 3.05) is 0 Å². The van der Waals surface area contributed by atoms with Crippen molar-refractivity contribution >= 4 is 17.1 Å². The summed E-state index contributed by atoms with van der Waals surface area (Å²) in [6.45, 7) is 4.45. The van der Waals surface area contributed by atoms with Gasteiger partial charge in [0.05, 0.1) is 5.70 Å². The molecule has 150 valence electrons. The summed E-state index contributed by atoms with van der Waals surface area (Å²) < 4.78 is 0. The largest absolute Gasteiger partial charge is 0.358 e. The fraction of sp³-hybridized carbons (Fsp3) is 0.138. The molecule has 1 N–H and O–H groups in total. The maximum atomic E-state index is 13.1. The molecule has 0 saturated heterocycles. The van der Waals surface area contributed by atoms with Crippen LogP contribution in [0, 0.1) is 0 Å². The van der Waals surface area contributed by atoms with Gasteiger partial charge in [-0.2, -0.15) is 0 Å². The minimum absolute atomic E-state index is 0.0660. The predicted octanol–water partition coefficient (Wildman–Crippen LogP) is 6.49. The van der Waals surface area contributed by atoms with E-state index in [0.29, 0.717) is 6.42 Å². The first-order valence-electron chi connectivity index (χ1n) is 10.9. The van der Waals surface area contributed by atoms with Gasteiger partial charge in [-0.3, -0.25) is 4.79 Å². The molecule has 0 aromatic heterocycles. The van der Waals surface area contributed by atoms with Gasteiger partial charge >= 0.3 is 0 Å². The highest BCUT2D eigenvalue weighted by atomic mass is 16.1. The topological polar surface area (TPSA) is 29.1 Å². The SMILES string of the molecule is C=C1C2=C(NC3=C(C(=O)CCC3)C2c2ccc(-c3ccccc3)cc2)c2ccccc21. The van der Waals surface area contributed by atoms with Crippen molar-refractivity contribution in [1.82, 2.24) is 5.32 Å². The molecule has 0 radical (unpaired) electrons. The maximum Gasteiger partial charge on any atom is 0.161 e. The van der Waals surface area contributed by atoms with Crippen molar-refractivity contribution in [2.24, 2.45) is 0 Å². The zero-order valence-electron chi connectivity index (χ0n) is 17.3. The monoisotopic (exact) mass is 401 g/mol. The first-order chi connectivity index (χ1) is 15.2. The number of benzene rings is 3. The van der Waals surface area contributed by atoms with E-state index < -0.39 is 0 Å². The molecular formula is C29H23NO. The highest BCUT2D eigenvalue weighted by Crippen LogP contribution is 2.53. The third-order valence-corrected chi connectivity index (χ3v) is 6.78. The molecule has 6 rings (SSSR count). The second kappa shape index (κ2) is 6.95. The van der Waals surface area contributed by atoms with Gasteiger partial charge < -0.3 is 5.32 Å². The zero-order chi connectivity index (χ0) is 20.9. The fourth-order valence-corrected chi connectivity index (χ4v) is 5.31. The van der Waals surface area contributed by atoms with Crippen molar-refractivity contribution in [2.45, 2.75) is 25.2 Å². The van der Waals surface area contributed by atoms with Crippen LogP contribution in [0.15, 0.2) is 102 Å². The standard InChI is InChI=1S/C29H23NO/c1-18-22-10-5-6-11-23(22)29-26(18)27(28-24(30-29)12-7-13-25(28)31)21-16-14-20(15-17-21)19-8-3-2-4-9-19/h2-6,8-11,14-17,27,30H,1,7,12-13H2. The van der Waals surface area contributed by atoms with E-state index in [1.165, 1.54) is 22.3 Å². The smallest absolute Gasteiger partial charge is 0.161 e. The molecule has 0 spiro atoms. The average Bonchev–Trinajstić information content (AvgIpc) is 3.11. The van der Waals surface area contributed by atoms with Crippen LogP contribution in [0.3, 0.4) is 0 Å². The molecule has 3 aliphatic rings. The molecule has 1 unspecified atom stereocenters. The number of dihydropyridines is 1. The molecule has 1 atom stereocenters. The number of carbonyl (C=O) groups is 1. The van der Waals surface area contributed by atoms with E-state index in [0.717, 1.165) is 46.5 Å². The molecular weight excluding hydrogens is 378 g/mol. The van der Waals surface area contributed by atoms with Crippen molar-refractivity contribution in [3.63, 3.8) is 0 Å². The Bertz CT molecular complexity index is 1290. The summed E-state index contributed by atoms with van der Waals surface area (Å²) in [7, 11) is 0. The van der Waals surface area contributed by atoms with Gasteiger partial charge in [0.25, 0.3) is 0 Å². The van der Waals surface area contributed by atoms with Crippen LogP contribution >= 0.6 is 0 Å². The van der Waals surface area contributed by atoms with E-state index in [1.807, 2.05) is 6.07 Å². The Balaban J connectivity index is 1.51. The van der Waals surface area contributed by atoms with Crippen molar-refractivity contribution in [3.8, 4) is 11.1 Å². The average molecular weight is 402 g/mol. The molecule has 3 aromatic rings. The zero-order valence-corrected chi connectivity index (χ0v) is 17.3. The molecule has 0 amide bonds. The first-order valence-corrected chi connectivity index (χ1v) is 10.9. The van der Waals surface area contributed by atoms with E-state index in [1.54, 1.807) is 0 Å². The molecule has 2 aliphatic carbocycles. The third-order valence-electron chi connectivity index (χ3n) is 6.78.